The van der Waals surface area contributed by atoms with Crippen LogP contribution in [0.2, 0.25) is 0 Å². The van der Waals surface area contributed by atoms with Crippen LogP contribution in [0.25, 0.3) is 11.5 Å². The summed E-state index contributed by atoms with van der Waals surface area (Å²) in [5.41, 5.74) is 2.20. The van der Waals surface area contributed by atoms with E-state index in [0.717, 1.165) is 22.0 Å². The molecular formula is C21H17BrN4O3. The first-order valence-electron chi connectivity index (χ1n) is 9.33. The molecule has 146 valence electrons. The molecule has 1 saturated heterocycles. The first-order chi connectivity index (χ1) is 14.0. The number of aromatic nitrogens is 2. The number of halogens is 1. The van der Waals surface area contributed by atoms with Gasteiger partial charge in [0.2, 0.25) is 11.8 Å². The SMILES string of the molecule is O=C1NC2(CCc3ccccc3C2)C(=O)N1Cc1nnc(-c2cccc(Br)c2)o1. The maximum absolute atomic E-state index is 13.2. The molecule has 1 spiro atoms. The first kappa shape index (κ1) is 18.1. The van der Waals surface area contributed by atoms with Gasteiger partial charge in [-0.15, -0.1) is 10.2 Å². The molecule has 3 amide bonds. The quantitative estimate of drug-likeness (QED) is 0.614. The Kier molecular flexibility index (Phi) is 4.24. The lowest BCUT2D eigenvalue weighted by Gasteiger charge is -2.32. The number of fused-ring (bicyclic) bond motifs is 1. The van der Waals surface area contributed by atoms with Crippen LogP contribution in [0.15, 0.2) is 57.4 Å². The Bertz CT molecular complexity index is 1130. The number of aryl methyl sites for hydroxylation is 1. The standard InChI is InChI=1S/C21H17BrN4O3/c22-16-7-3-6-14(10-16)18-25-24-17(29-18)12-26-19(27)21(23-20(26)28)9-8-13-4-1-2-5-15(13)11-21/h1-7,10H,8-9,11-12H2,(H,23,28). The van der Waals surface area contributed by atoms with Crippen LogP contribution in [-0.2, 0) is 24.2 Å². The molecule has 1 fully saturated rings. The third-order valence-electron chi connectivity index (χ3n) is 5.51. The lowest BCUT2D eigenvalue weighted by Crippen LogP contribution is -2.51. The van der Waals surface area contributed by atoms with Gasteiger partial charge in [0.25, 0.3) is 5.91 Å². The molecule has 0 radical (unpaired) electrons. The highest BCUT2D eigenvalue weighted by molar-refractivity contribution is 9.10. The monoisotopic (exact) mass is 452 g/mol. The number of nitrogens with zero attached hydrogens (tertiary/aromatic N) is 3. The predicted octanol–water partition coefficient (Wildman–Crippen LogP) is 3.48. The van der Waals surface area contributed by atoms with E-state index in [0.29, 0.717) is 18.7 Å². The van der Waals surface area contributed by atoms with Crippen LogP contribution in [-0.4, -0.2) is 32.6 Å². The summed E-state index contributed by atoms with van der Waals surface area (Å²) in [6, 6.07) is 15.1. The lowest BCUT2D eigenvalue weighted by atomic mass is 9.78. The van der Waals surface area contributed by atoms with Crippen molar-refractivity contribution in [1.82, 2.24) is 20.4 Å². The summed E-state index contributed by atoms with van der Waals surface area (Å²) < 4.78 is 6.59. The van der Waals surface area contributed by atoms with Crippen molar-refractivity contribution < 1.29 is 14.0 Å². The van der Waals surface area contributed by atoms with Gasteiger partial charge in [0.05, 0.1) is 0 Å². The number of amides is 3. The zero-order valence-corrected chi connectivity index (χ0v) is 17.0. The van der Waals surface area contributed by atoms with Crippen LogP contribution in [0.5, 0.6) is 0 Å². The average Bonchev–Trinajstić information content (AvgIpc) is 3.27. The largest absolute Gasteiger partial charge is 0.419 e. The second kappa shape index (κ2) is 6.81. The minimum Gasteiger partial charge on any atom is -0.419 e. The minimum atomic E-state index is -0.890. The molecule has 7 nitrogen and oxygen atoms in total. The fraction of sp³-hybridized carbons (Fsp3) is 0.238. The van der Waals surface area contributed by atoms with E-state index in [9.17, 15) is 9.59 Å². The Morgan fingerprint density at radius 1 is 1.10 bits per heavy atom. The predicted molar refractivity (Wildman–Crippen MR) is 108 cm³/mol. The molecule has 1 aliphatic heterocycles. The second-order valence-corrected chi connectivity index (χ2v) is 8.28. The Hall–Kier alpha value is -3.00. The highest BCUT2D eigenvalue weighted by Crippen LogP contribution is 2.34. The van der Waals surface area contributed by atoms with Gasteiger partial charge in [0.1, 0.15) is 12.1 Å². The molecule has 1 atom stereocenters. The van der Waals surface area contributed by atoms with Gasteiger partial charge in [0.15, 0.2) is 0 Å². The number of benzene rings is 2. The molecule has 1 N–H and O–H groups in total. The number of hydrogen-bond acceptors (Lipinski definition) is 5. The summed E-state index contributed by atoms with van der Waals surface area (Å²) in [5.74, 6) is 0.325. The van der Waals surface area contributed by atoms with E-state index in [1.807, 2.05) is 42.5 Å². The average molecular weight is 453 g/mol. The van der Waals surface area contributed by atoms with Crippen LogP contribution in [0, 0.1) is 0 Å². The Morgan fingerprint density at radius 3 is 2.76 bits per heavy atom. The molecule has 0 bridgehead atoms. The first-order valence-corrected chi connectivity index (χ1v) is 10.1. The second-order valence-electron chi connectivity index (χ2n) is 7.36. The number of urea groups is 1. The van der Waals surface area contributed by atoms with Crippen LogP contribution < -0.4 is 5.32 Å². The molecule has 2 aromatic carbocycles. The van der Waals surface area contributed by atoms with Crippen molar-refractivity contribution in [1.29, 1.82) is 0 Å². The van der Waals surface area contributed by atoms with Crippen LogP contribution in [0.4, 0.5) is 4.79 Å². The number of carbonyl (C=O) groups is 2. The number of nitrogens with one attached hydrogen (secondary N) is 1. The zero-order valence-electron chi connectivity index (χ0n) is 15.4. The van der Waals surface area contributed by atoms with Gasteiger partial charge < -0.3 is 9.73 Å². The molecule has 1 aromatic heterocycles. The van der Waals surface area contributed by atoms with E-state index in [1.165, 1.54) is 10.5 Å². The maximum Gasteiger partial charge on any atom is 0.325 e. The molecule has 29 heavy (non-hydrogen) atoms. The Balaban J connectivity index is 1.37. The molecular weight excluding hydrogens is 436 g/mol. The van der Waals surface area contributed by atoms with Crippen LogP contribution in [0.3, 0.4) is 0 Å². The minimum absolute atomic E-state index is 0.0466. The fourth-order valence-electron chi connectivity index (χ4n) is 4.04. The molecule has 5 rings (SSSR count). The number of imide groups is 1. The van der Waals surface area contributed by atoms with E-state index in [4.69, 9.17) is 4.42 Å². The van der Waals surface area contributed by atoms with Crippen molar-refractivity contribution in [3.8, 4) is 11.5 Å². The van der Waals surface area contributed by atoms with Crippen molar-refractivity contribution in [3.05, 3.63) is 70.0 Å². The summed E-state index contributed by atoms with van der Waals surface area (Å²) in [7, 11) is 0. The van der Waals surface area contributed by atoms with Gasteiger partial charge in [0, 0.05) is 16.5 Å². The maximum atomic E-state index is 13.2. The normalized spacial score (nSPS) is 20.8. The van der Waals surface area contributed by atoms with Crippen molar-refractivity contribution in [2.45, 2.75) is 31.3 Å². The van der Waals surface area contributed by atoms with Crippen LogP contribution >= 0.6 is 15.9 Å². The summed E-state index contributed by atoms with van der Waals surface area (Å²) in [6.07, 6.45) is 1.83. The summed E-state index contributed by atoms with van der Waals surface area (Å²) in [4.78, 5) is 26.9. The molecule has 1 aliphatic carbocycles. The third-order valence-corrected chi connectivity index (χ3v) is 6.00. The van der Waals surface area contributed by atoms with Gasteiger partial charge in [-0.05, 0) is 42.2 Å². The van der Waals surface area contributed by atoms with Gasteiger partial charge in [-0.2, -0.15) is 0 Å². The van der Waals surface area contributed by atoms with Gasteiger partial charge in [-0.1, -0.05) is 46.3 Å². The van der Waals surface area contributed by atoms with E-state index in [2.05, 4.69) is 37.5 Å². The van der Waals surface area contributed by atoms with Gasteiger partial charge in [-0.3, -0.25) is 9.69 Å². The van der Waals surface area contributed by atoms with Crippen molar-refractivity contribution in [2.75, 3.05) is 0 Å². The summed E-state index contributed by atoms with van der Waals surface area (Å²) in [5, 5.41) is 11.0. The molecule has 0 saturated carbocycles. The smallest absolute Gasteiger partial charge is 0.325 e. The van der Waals surface area contributed by atoms with Gasteiger partial charge >= 0.3 is 6.03 Å². The highest BCUT2D eigenvalue weighted by Gasteiger charge is 2.52. The van der Waals surface area contributed by atoms with E-state index in [-0.39, 0.29) is 18.3 Å². The molecule has 3 aromatic rings. The van der Waals surface area contributed by atoms with Crippen LogP contribution in [0.1, 0.15) is 23.4 Å². The number of hydrogen-bond donors (Lipinski definition) is 1. The molecule has 8 heteroatoms. The molecule has 1 unspecified atom stereocenters. The van der Waals surface area contributed by atoms with Gasteiger partial charge in [-0.25, -0.2) is 4.79 Å². The van der Waals surface area contributed by atoms with E-state index >= 15 is 0 Å². The highest BCUT2D eigenvalue weighted by atomic mass is 79.9. The van der Waals surface area contributed by atoms with E-state index < -0.39 is 11.6 Å². The summed E-state index contributed by atoms with van der Waals surface area (Å²) in [6.45, 7) is -0.0466. The summed E-state index contributed by atoms with van der Waals surface area (Å²) >= 11 is 3.41. The molecule has 2 aliphatic rings. The Labute approximate surface area is 175 Å². The lowest BCUT2D eigenvalue weighted by molar-refractivity contribution is -0.132. The van der Waals surface area contributed by atoms with E-state index in [1.54, 1.807) is 0 Å². The van der Waals surface area contributed by atoms with Crippen molar-refractivity contribution in [2.24, 2.45) is 0 Å². The number of rotatable bonds is 3. The zero-order chi connectivity index (χ0) is 20.0. The fourth-order valence-corrected chi connectivity index (χ4v) is 4.43. The topological polar surface area (TPSA) is 88.3 Å². The molecule has 2 heterocycles. The van der Waals surface area contributed by atoms with Crippen molar-refractivity contribution in [3.63, 3.8) is 0 Å². The third kappa shape index (κ3) is 3.13. The number of carbonyl (C=O) groups excluding carboxylic acids is 2. The van der Waals surface area contributed by atoms with Crippen molar-refractivity contribution >= 4 is 27.9 Å². The Morgan fingerprint density at radius 2 is 1.93 bits per heavy atom.